The van der Waals surface area contributed by atoms with Gasteiger partial charge in [0.25, 0.3) is 5.69 Å². The Morgan fingerprint density at radius 2 is 2.22 bits per heavy atom. The van der Waals surface area contributed by atoms with E-state index in [1.807, 2.05) is 0 Å². The summed E-state index contributed by atoms with van der Waals surface area (Å²) < 4.78 is 9.61. The number of anilines is 1. The summed E-state index contributed by atoms with van der Waals surface area (Å²) in [5, 5.41) is 10.6. The van der Waals surface area contributed by atoms with Crippen molar-refractivity contribution >= 4 is 17.5 Å². The number of hydrogen-bond donors (Lipinski definition) is 2. The fourth-order valence-electron chi connectivity index (χ4n) is 1.18. The summed E-state index contributed by atoms with van der Waals surface area (Å²) in [6.07, 6.45) is -0.655. The topological polar surface area (TPSA) is 103 Å². The van der Waals surface area contributed by atoms with Crippen molar-refractivity contribution in [3.8, 4) is 5.75 Å². The number of nitro benzene ring substituents is 1. The van der Waals surface area contributed by atoms with Crippen LogP contribution in [0.1, 0.15) is 6.92 Å². The van der Waals surface area contributed by atoms with Gasteiger partial charge in [-0.3, -0.25) is 15.5 Å². The second kappa shape index (κ2) is 6.28. The third kappa shape index (κ3) is 3.51. The number of nitro groups is 1. The molecule has 0 saturated carbocycles. The highest BCUT2D eigenvalue weighted by Crippen LogP contribution is 2.28. The van der Waals surface area contributed by atoms with Crippen LogP contribution < -0.4 is 15.6 Å². The van der Waals surface area contributed by atoms with Crippen LogP contribution in [0.5, 0.6) is 5.75 Å². The minimum Gasteiger partial charge on any atom is -0.494 e. The fourth-order valence-corrected chi connectivity index (χ4v) is 1.18. The monoisotopic (exact) mass is 255 g/mol. The maximum absolute atomic E-state index is 11.0. The Morgan fingerprint density at radius 3 is 2.78 bits per heavy atom. The third-order valence-electron chi connectivity index (χ3n) is 1.97. The van der Waals surface area contributed by atoms with E-state index in [1.165, 1.54) is 25.3 Å². The van der Waals surface area contributed by atoms with Gasteiger partial charge >= 0.3 is 6.09 Å². The van der Waals surface area contributed by atoms with Crippen LogP contribution in [-0.2, 0) is 4.74 Å². The number of carbonyl (C=O) groups is 1. The Bertz CT molecular complexity index is 449. The standard InChI is InChI=1S/C10H13N3O5/c1-3-18-10(14)12-11-8-5-4-7(13(15)16)6-9(8)17-2/h4-6,11H,3H2,1-2H3,(H,12,14). The van der Waals surface area contributed by atoms with E-state index in [2.05, 4.69) is 15.6 Å². The lowest BCUT2D eigenvalue weighted by Crippen LogP contribution is -2.30. The van der Waals surface area contributed by atoms with Gasteiger partial charge in [-0.05, 0) is 13.0 Å². The molecule has 0 spiro atoms. The number of rotatable bonds is 5. The Hall–Kier alpha value is -2.51. The van der Waals surface area contributed by atoms with E-state index in [0.717, 1.165) is 0 Å². The first-order chi connectivity index (χ1) is 8.58. The molecule has 0 fully saturated rings. The number of hydrogen-bond acceptors (Lipinski definition) is 6. The highest BCUT2D eigenvalue weighted by atomic mass is 16.6. The van der Waals surface area contributed by atoms with Crippen molar-refractivity contribution in [3.63, 3.8) is 0 Å². The zero-order valence-electron chi connectivity index (χ0n) is 9.93. The maximum atomic E-state index is 11.0. The quantitative estimate of drug-likeness (QED) is 0.612. The lowest BCUT2D eigenvalue weighted by atomic mass is 10.2. The molecule has 0 heterocycles. The molecule has 0 unspecified atom stereocenters. The summed E-state index contributed by atoms with van der Waals surface area (Å²) in [7, 11) is 1.37. The average Bonchev–Trinajstić information content (AvgIpc) is 2.36. The molecule has 1 rings (SSSR count). The second-order valence-electron chi connectivity index (χ2n) is 3.11. The van der Waals surface area contributed by atoms with Gasteiger partial charge in [0, 0.05) is 6.07 Å². The molecule has 0 bridgehead atoms. The van der Waals surface area contributed by atoms with Crippen molar-refractivity contribution in [2.45, 2.75) is 6.92 Å². The van der Waals surface area contributed by atoms with Crippen molar-refractivity contribution in [1.29, 1.82) is 0 Å². The first-order valence-electron chi connectivity index (χ1n) is 5.09. The molecule has 0 aromatic heterocycles. The Morgan fingerprint density at radius 1 is 1.50 bits per heavy atom. The van der Waals surface area contributed by atoms with E-state index in [4.69, 9.17) is 4.74 Å². The smallest absolute Gasteiger partial charge is 0.425 e. The summed E-state index contributed by atoms with van der Waals surface area (Å²) >= 11 is 0. The molecule has 8 heteroatoms. The van der Waals surface area contributed by atoms with Gasteiger partial charge in [-0.1, -0.05) is 0 Å². The molecule has 0 radical (unpaired) electrons. The molecule has 18 heavy (non-hydrogen) atoms. The number of methoxy groups -OCH3 is 1. The van der Waals surface area contributed by atoms with Gasteiger partial charge in [-0.2, -0.15) is 0 Å². The Labute approximate surface area is 103 Å². The van der Waals surface area contributed by atoms with Crippen molar-refractivity contribution in [3.05, 3.63) is 28.3 Å². The lowest BCUT2D eigenvalue weighted by Gasteiger charge is -2.11. The number of benzene rings is 1. The van der Waals surface area contributed by atoms with Crippen LogP contribution >= 0.6 is 0 Å². The first kappa shape index (κ1) is 13.6. The van der Waals surface area contributed by atoms with Gasteiger partial charge in [0.1, 0.15) is 0 Å². The van der Waals surface area contributed by atoms with Crippen molar-refractivity contribution in [1.82, 2.24) is 5.43 Å². The normalized spacial score (nSPS) is 9.44. The van der Waals surface area contributed by atoms with Crippen molar-refractivity contribution in [2.75, 3.05) is 19.1 Å². The summed E-state index contributed by atoms with van der Waals surface area (Å²) in [5.74, 6) is 0.237. The van der Waals surface area contributed by atoms with Crippen LogP contribution in [0.25, 0.3) is 0 Å². The molecule has 1 aromatic carbocycles. The minimum atomic E-state index is -0.655. The largest absolute Gasteiger partial charge is 0.494 e. The van der Waals surface area contributed by atoms with E-state index in [9.17, 15) is 14.9 Å². The first-order valence-corrected chi connectivity index (χ1v) is 5.09. The summed E-state index contributed by atoms with van der Waals surface area (Å²) in [6, 6.07) is 3.95. The van der Waals surface area contributed by atoms with Gasteiger partial charge in [0.2, 0.25) is 0 Å². The molecule has 2 N–H and O–H groups in total. The number of nitrogens with zero attached hydrogens (tertiary/aromatic N) is 1. The fraction of sp³-hybridized carbons (Fsp3) is 0.300. The number of amides is 1. The Balaban J connectivity index is 2.76. The van der Waals surface area contributed by atoms with Crippen LogP contribution in [0, 0.1) is 10.1 Å². The number of hydrazine groups is 1. The van der Waals surface area contributed by atoms with Crippen molar-refractivity contribution in [2.24, 2.45) is 0 Å². The lowest BCUT2D eigenvalue weighted by molar-refractivity contribution is -0.384. The molecule has 1 amide bonds. The molecular formula is C10H13N3O5. The van der Waals surface area contributed by atoms with Crippen LogP contribution in [0.4, 0.5) is 16.2 Å². The van der Waals surface area contributed by atoms with Crippen LogP contribution in [0.2, 0.25) is 0 Å². The van der Waals surface area contributed by atoms with E-state index < -0.39 is 11.0 Å². The molecule has 0 aliphatic heterocycles. The van der Waals surface area contributed by atoms with E-state index in [1.54, 1.807) is 6.92 Å². The predicted molar refractivity (Wildman–Crippen MR) is 63.4 cm³/mol. The highest BCUT2D eigenvalue weighted by Gasteiger charge is 2.11. The van der Waals surface area contributed by atoms with Gasteiger partial charge in [0.15, 0.2) is 5.75 Å². The second-order valence-corrected chi connectivity index (χ2v) is 3.11. The molecule has 0 aliphatic carbocycles. The zero-order valence-corrected chi connectivity index (χ0v) is 9.93. The van der Waals surface area contributed by atoms with E-state index >= 15 is 0 Å². The predicted octanol–water partition coefficient (Wildman–Crippen LogP) is 1.68. The van der Waals surface area contributed by atoms with Gasteiger partial charge in [-0.25, -0.2) is 10.2 Å². The summed E-state index contributed by atoms with van der Waals surface area (Å²) in [4.78, 5) is 21.1. The summed E-state index contributed by atoms with van der Waals surface area (Å²) in [6.45, 7) is 1.91. The molecule has 0 saturated heterocycles. The number of nitrogens with one attached hydrogen (secondary N) is 2. The van der Waals surface area contributed by atoms with Gasteiger partial charge < -0.3 is 9.47 Å². The average molecular weight is 255 g/mol. The third-order valence-corrected chi connectivity index (χ3v) is 1.97. The minimum absolute atomic E-state index is 0.103. The molecule has 98 valence electrons. The SMILES string of the molecule is CCOC(=O)NNc1ccc([N+](=O)[O-])cc1OC. The van der Waals surface area contributed by atoms with Crippen LogP contribution in [0.3, 0.4) is 0 Å². The van der Waals surface area contributed by atoms with Crippen LogP contribution in [-0.4, -0.2) is 24.7 Å². The molecule has 8 nitrogen and oxygen atoms in total. The molecular weight excluding hydrogens is 242 g/mol. The molecule has 0 aliphatic rings. The molecule has 1 aromatic rings. The van der Waals surface area contributed by atoms with E-state index in [0.29, 0.717) is 5.69 Å². The maximum Gasteiger partial charge on any atom is 0.425 e. The zero-order chi connectivity index (χ0) is 13.5. The Kier molecular flexibility index (Phi) is 4.73. The number of carbonyl (C=O) groups excluding carboxylic acids is 1. The molecule has 0 atom stereocenters. The number of non-ortho nitro benzene ring substituents is 1. The summed E-state index contributed by atoms with van der Waals surface area (Å²) in [5.41, 5.74) is 5.09. The van der Waals surface area contributed by atoms with Gasteiger partial charge in [0.05, 0.1) is 30.4 Å². The van der Waals surface area contributed by atoms with E-state index in [-0.39, 0.29) is 18.0 Å². The van der Waals surface area contributed by atoms with Crippen LogP contribution in [0.15, 0.2) is 18.2 Å². The van der Waals surface area contributed by atoms with Gasteiger partial charge in [-0.15, -0.1) is 0 Å². The highest BCUT2D eigenvalue weighted by molar-refractivity contribution is 5.71. The van der Waals surface area contributed by atoms with Crippen molar-refractivity contribution < 1.29 is 19.2 Å². The number of ether oxygens (including phenoxy) is 2.